The van der Waals surface area contributed by atoms with Crippen LogP contribution in [0, 0.1) is 0 Å². The minimum Gasteiger partial charge on any atom is -0.334 e. The van der Waals surface area contributed by atoms with Gasteiger partial charge in [0.25, 0.3) is 0 Å². The van der Waals surface area contributed by atoms with E-state index in [4.69, 9.17) is 5.14 Å². The van der Waals surface area contributed by atoms with E-state index in [-0.39, 0.29) is 4.90 Å². The molecule has 0 saturated heterocycles. The van der Waals surface area contributed by atoms with Crippen molar-refractivity contribution in [3.63, 3.8) is 0 Å². The zero-order valence-corrected chi connectivity index (χ0v) is 9.48. The molecule has 0 aliphatic rings. The number of aryl methyl sites for hydroxylation is 1. The Balaban J connectivity index is 2.72. The molecule has 1 aromatic carbocycles. The van der Waals surface area contributed by atoms with E-state index in [0.29, 0.717) is 11.4 Å². The van der Waals surface area contributed by atoms with Crippen LogP contribution in [0.5, 0.6) is 0 Å². The molecule has 1 aromatic heterocycles. The average Bonchev–Trinajstić information content (AvgIpc) is 2.63. The predicted octanol–water partition coefficient (Wildman–Crippen LogP) is 0.734. The Morgan fingerprint density at radius 1 is 1.31 bits per heavy atom. The Morgan fingerprint density at radius 2 is 2.00 bits per heavy atom. The minimum atomic E-state index is -3.73. The summed E-state index contributed by atoms with van der Waals surface area (Å²) in [4.78, 5) is 4.19. The topological polar surface area (TPSA) is 78.0 Å². The Morgan fingerprint density at radius 3 is 2.56 bits per heavy atom. The number of sulfonamides is 1. The molecule has 84 valence electrons. The summed E-state index contributed by atoms with van der Waals surface area (Å²) in [6.07, 6.45) is 3.35. The summed E-state index contributed by atoms with van der Waals surface area (Å²) in [5.74, 6) is 0.574. The maximum atomic E-state index is 11.4. The van der Waals surface area contributed by atoms with Gasteiger partial charge in [0.15, 0.2) is 0 Å². The van der Waals surface area contributed by atoms with Crippen LogP contribution in [0.3, 0.4) is 0 Å². The predicted molar refractivity (Wildman–Crippen MR) is 60.0 cm³/mol. The molecule has 0 spiro atoms. The second-order valence-electron chi connectivity index (χ2n) is 3.40. The Kier molecular flexibility index (Phi) is 2.53. The van der Waals surface area contributed by atoms with Crippen molar-refractivity contribution in [3.8, 4) is 11.4 Å². The molecule has 6 heteroatoms. The number of primary sulfonamides is 1. The van der Waals surface area contributed by atoms with Crippen molar-refractivity contribution < 1.29 is 8.42 Å². The van der Waals surface area contributed by atoms with Gasteiger partial charge in [0.2, 0.25) is 10.0 Å². The molecule has 0 atom stereocenters. The van der Waals surface area contributed by atoms with E-state index in [1.807, 2.05) is 0 Å². The zero-order valence-electron chi connectivity index (χ0n) is 8.66. The molecule has 2 aromatic rings. The number of rotatable bonds is 2. The fourth-order valence-electron chi connectivity index (χ4n) is 1.52. The summed E-state index contributed by atoms with van der Waals surface area (Å²) in [6.45, 7) is 0. The molecule has 16 heavy (non-hydrogen) atoms. The molecule has 0 bridgehead atoms. The lowest BCUT2D eigenvalue weighted by atomic mass is 10.2. The maximum absolute atomic E-state index is 11.4. The molecule has 0 fully saturated rings. The fourth-order valence-corrected chi connectivity index (χ4v) is 2.26. The summed E-state index contributed by atoms with van der Waals surface area (Å²) >= 11 is 0. The van der Waals surface area contributed by atoms with E-state index in [2.05, 4.69) is 4.98 Å². The molecule has 0 saturated carbocycles. The molecule has 0 amide bonds. The number of hydrogen-bond donors (Lipinski definition) is 1. The van der Waals surface area contributed by atoms with Crippen LogP contribution in [0.4, 0.5) is 0 Å². The number of imidazole rings is 1. The van der Waals surface area contributed by atoms with Crippen LogP contribution >= 0.6 is 0 Å². The number of nitrogens with two attached hydrogens (primary N) is 1. The number of benzene rings is 1. The number of nitrogens with zero attached hydrogens (tertiary/aromatic N) is 2. The van der Waals surface area contributed by atoms with E-state index in [0.717, 1.165) is 0 Å². The SMILES string of the molecule is Cn1ccnc1-c1ccccc1S(N)(=O)=O. The van der Waals surface area contributed by atoms with E-state index in [1.165, 1.54) is 6.07 Å². The van der Waals surface area contributed by atoms with Crippen LogP contribution in [0.15, 0.2) is 41.6 Å². The van der Waals surface area contributed by atoms with Gasteiger partial charge in [-0.25, -0.2) is 18.5 Å². The van der Waals surface area contributed by atoms with Gasteiger partial charge in [-0.1, -0.05) is 12.1 Å². The van der Waals surface area contributed by atoms with Crippen molar-refractivity contribution in [2.75, 3.05) is 0 Å². The molecule has 0 aliphatic carbocycles. The third-order valence-corrected chi connectivity index (χ3v) is 3.22. The van der Waals surface area contributed by atoms with Crippen molar-refractivity contribution in [2.45, 2.75) is 4.90 Å². The van der Waals surface area contributed by atoms with E-state index >= 15 is 0 Å². The second-order valence-corrected chi connectivity index (χ2v) is 4.93. The van der Waals surface area contributed by atoms with Crippen molar-refractivity contribution in [2.24, 2.45) is 12.2 Å². The smallest absolute Gasteiger partial charge is 0.238 e. The summed E-state index contributed by atoms with van der Waals surface area (Å²) in [6, 6.07) is 6.53. The monoisotopic (exact) mass is 237 g/mol. The van der Waals surface area contributed by atoms with Crippen molar-refractivity contribution in [1.82, 2.24) is 9.55 Å². The van der Waals surface area contributed by atoms with Crippen LogP contribution in [0.2, 0.25) is 0 Å². The summed E-state index contributed by atoms with van der Waals surface area (Å²) in [5, 5.41) is 5.15. The van der Waals surface area contributed by atoms with Gasteiger partial charge in [-0.15, -0.1) is 0 Å². The van der Waals surface area contributed by atoms with Gasteiger partial charge < -0.3 is 4.57 Å². The summed E-state index contributed by atoms with van der Waals surface area (Å²) in [7, 11) is -1.94. The third-order valence-electron chi connectivity index (χ3n) is 2.26. The van der Waals surface area contributed by atoms with Gasteiger partial charge in [0.05, 0.1) is 4.90 Å². The molecule has 5 nitrogen and oxygen atoms in total. The summed E-state index contributed by atoms with van der Waals surface area (Å²) in [5.41, 5.74) is 0.512. The molecule has 2 N–H and O–H groups in total. The Hall–Kier alpha value is -1.66. The number of aromatic nitrogens is 2. The lowest BCUT2D eigenvalue weighted by molar-refractivity contribution is 0.598. The molecule has 0 radical (unpaired) electrons. The fraction of sp³-hybridized carbons (Fsp3) is 0.100. The lowest BCUT2D eigenvalue weighted by Gasteiger charge is -2.06. The maximum Gasteiger partial charge on any atom is 0.238 e. The van der Waals surface area contributed by atoms with Crippen LogP contribution in [0.25, 0.3) is 11.4 Å². The molecule has 0 unspecified atom stereocenters. The zero-order chi connectivity index (χ0) is 11.8. The van der Waals surface area contributed by atoms with Crippen LogP contribution in [-0.2, 0) is 17.1 Å². The minimum absolute atomic E-state index is 0.0873. The molecule has 2 rings (SSSR count). The van der Waals surface area contributed by atoms with E-state index in [9.17, 15) is 8.42 Å². The van der Waals surface area contributed by atoms with Gasteiger partial charge in [-0.2, -0.15) is 0 Å². The lowest BCUT2D eigenvalue weighted by Crippen LogP contribution is -2.13. The first kappa shape index (κ1) is 10.8. The first-order chi connectivity index (χ1) is 7.50. The van der Waals surface area contributed by atoms with Gasteiger partial charge in [-0.3, -0.25) is 0 Å². The second kappa shape index (κ2) is 3.73. The van der Waals surface area contributed by atoms with Crippen LogP contribution in [0.1, 0.15) is 0 Å². The van der Waals surface area contributed by atoms with Gasteiger partial charge in [0.1, 0.15) is 5.82 Å². The van der Waals surface area contributed by atoms with Crippen molar-refractivity contribution in [1.29, 1.82) is 0 Å². The first-order valence-corrected chi connectivity index (χ1v) is 6.14. The Bertz CT molecular complexity index is 616. The first-order valence-electron chi connectivity index (χ1n) is 4.59. The van der Waals surface area contributed by atoms with Crippen LogP contribution < -0.4 is 5.14 Å². The normalized spacial score (nSPS) is 11.6. The Labute approximate surface area is 93.6 Å². The average molecular weight is 237 g/mol. The highest BCUT2D eigenvalue weighted by Gasteiger charge is 2.16. The molecular weight excluding hydrogens is 226 g/mol. The van der Waals surface area contributed by atoms with Crippen LogP contribution in [-0.4, -0.2) is 18.0 Å². The highest BCUT2D eigenvalue weighted by atomic mass is 32.2. The highest BCUT2D eigenvalue weighted by molar-refractivity contribution is 7.89. The van der Waals surface area contributed by atoms with E-state index < -0.39 is 10.0 Å². The standard InChI is InChI=1S/C10H11N3O2S/c1-13-7-6-12-10(13)8-4-2-3-5-9(8)16(11,14)15/h2-7H,1H3,(H2,11,14,15). The highest BCUT2D eigenvalue weighted by Crippen LogP contribution is 2.24. The molecule has 0 aliphatic heterocycles. The van der Waals surface area contributed by atoms with Crippen molar-refractivity contribution in [3.05, 3.63) is 36.7 Å². The summed E-state index contributed by atoms with van der Waals surface area (Å²) < 4.78 is 24.5. The molecular formula is C10H11N3O2S. The van der Waals surface area contributed by atoms with Gasteiger partial charge in [0, 0.05) is 25.0 Å². The third kappa shape index (κ3) is 1.84. The van der Waals surface area contributed by atoms with Crippen molar-refractivity contribution >= 4 is 10.0 Å². The largest absolute Gasteiger partial charge is 0.334 e. The number of hydrogen-bond acceptors (Lipinski definition) is 3. The van der Waals surface area contributed by atoms with Gasteiger partial charge >= 0.3 is 0 Å². The van der Waals surface area contributed by atoms with Gasteiger partial charge in [-0.05, 0) is 12.1 Å². The molecule has 1 heterocycles. The van der Waals surface area contributed by atoms with E-state index in [1.54, 1.807) is 42.2 Å². The quantitative estimate of drug-likeness (QED) is 0.836.